The monoisotopic (exact) mass is 233 g/mol. The second-order valence-electron chi connectivity index (χ2n) is 5.27. The normalized spacial score (nSPS) is 19.5. The van der Waals surface area contributed by atoms with Crippen LogP contribution in [0.15, 0.2) is 0 Å². The molecule has 0 amide bonds. The smallest absolute Gasteiger partial charge is 0.147 e. The Bertz CT molecular complexity index is 292. The largest absolute Gasteiger partial charge is 0.314 e. The average molecular weight is 233 g/mol. The molecule has 1 N–H and O–H groups in total. The highest BCUT2D eigenvalue weighted by Crippen LogP contribution is 2.49. The third-order valence-corrected chi connectivity index (χ3v) is 4.09. The van der Waals surface area contributed by atoms with Crippen LogP contribution >= 0.6 is 0 Å². The van der Waals surface area contributed by atoms with Crippen molar-refractivity contribution >= 4 is 9.84 Å². The van der Waals surface area contributed by atoms with Gasteiger partial charge in [0.15, 0.2) is 0 Å². The van der Waals surface area contributed by atoms with Gasteiger partial charge in [-0.25, -0.2) is 8.42 Å². The van der Waals surface area contributed by atoms with Gasteiger partial charge in [-0.3, -0.25) is 0 Å². The maximum absolute atomic E-state index is 11.0. The highest BCUT2D eigenvalue weighted by Gasteiger charge is 2.41. The molecule has 90 valence electrons. The molecule has 0 aromatic carbocycles. The maximum Gasteiger partial charge on any atom is 0.147 e. The zero-order valence-electron chi connectivity index (χ0n) is 10.0. The van der Waals surface area contributed by atoms with E-state index in [0.29, 0.717) is 17.2 Å². The minimum absolute atomic E-state index is 0.344. The molecule has 0 bridgehead atoms. The van der Waals surface area contributed by atoms with Gasteiger partial charge in [0.25, 0.3) is 0 Å². The molecule has 1 aliphatic rings. The first kappa shape index (κ1) is 13.0. The molecule has 0 aromatic rings. The van der Waals surface area contributed by atoms with Gasteiger partial charge in [0.2, 0.25) is 0 Å². The molecule has 0 heterocycles. The van der Waals surface area contributed by atoms with Crippen molar-refractivity contribution < 1.29 is 8.42 Å². The lowest BCUT2D eigenvalue weighted by atomic mass is 10.0. The number of hydrogen-bond acceptors (Lipinski definition) is 3. The fourth-order valence-electron chi connectivity index (χ4n) is 1.82. The second kappa shape index (κ2) is 4.83. The standard InChI is InChI=1S/C11H23NO2S/c1-10(2)12-9-11(6-7-11)5-4-8-15(3,13)14/h10,12H,4-9H2,1-3H3. The summed E-state index contributed by atoms with van der Waals surface area (Å²) in [5.41, 5.74) is 0.426. The van der Waals surface area contributed by atoms with Crippen LogP contribution in [0.3, 0.4) is 0 Å². The first-order valence-corrected chi connectivity index (χ1v) is 7.80. The predicted octanol–water partition coefficient (Wildman–Crippen LogP) is 1.59. The number of nitrogens with one attached hydrogen (secondary N) is 1. The molecule has 1 fully saturated rings. The molecule has 0 saturated heterocycles. The lowest BCUT2D eigenvalue weighted by Gasteiger charge is -2.17. The number of sulfone groups is 1. The van der Waals surface area contributed by atoms with Gasteiger partial charge in [0.05, 0.1) is 0 Å². The molecule has 4 heteroatoms. The van der Waals surface area contributed by atoms with Gasteiger partial charge < -0.3 is 5.32 Å². The van der Waals surface area contributed by atoms with E-state index >= 15 is 0 Å². The summed E-state index contributed by atoms with van der Waals surface area (Å²) < 4.78 is 22.0. The van der Waals surface area contributed by atoms with E-state index in [-0.39, 0.29) is 0 Å². The molecule has 1 saturated carbocycles. The second-order valence-corrected chi connectivity index (χ2v) is 7.53. The summed E-state index contributed by atoms with van der Waals surface area (Å²) in [6.45, 7) is 5.34. The fourth-order valence-corrected chi connectivity index (χ4v) is 2.49. The molecule has 15 heavy (non-hydrogen) atoms. The molecule has 0 unspecified atom stereocenters. The Morgan fingerprint density at radius 1 is 1.33 bits per heavy atom. The summed E-state index contributed by atoms with van der Waals surface area (Å²) in [5.74, 6) is 0.344. The van der Waals surface area contributed by atoms with E-state index in [1.807, 2.05) is 0 Å². The van der Waals surface area contributed by atoms with Crippen LogP contribution in [0.25, 0.3) is 0 Å². The van der Waals surface area contributed by atoms with Crippen LogP contribution in [-0.2, 0) is 9.84 Å². The number of rotatable bonds is 7. The van der Waals surface area contributed by atoms with Gasteiger partial charge in [-0.2, -0.15) is 0 Å². The lowest BCUT2D eigenvalue weighted by molar-refractivity contribution is 0.402. The van der Waals surface area contributed by atoms with Crippen LogP contribution in [0.2, 0.25) is 0 Å². The molecule has 1 aliphatic carbocycles. The van der Waals surface area contributed by atoms with Crippen LogP contribution in [0, 0.1) is 5.41 Å². The first-order valence-electron chi connectivity index (χ1n) is 5.74. The van der Waals surface area contributed by atoms with Crippen molar-refractivity contribution in [1.29, 1.82) is 0 Å². The third kappa shape index (κ3) is 5.52. The van der Waals surface area contributed by atoms with Crippen molar-refractivity contribution in [3.63, 3.8) is 0 Å². The van der Waals surface area contributed by atoms with Crippen molar-refractivity contribution in [1.82, 2.24) is 5.32 Å². The first-order chi connectivity index (χ1) is 6.83. The third-order valence-electron chi connectivity index (χ3n) is 3.06. The Morgan fingerprint density at radius 3 is 2.33 bits per heavy atom. The van der Waals surface area contributed by atoms with Crippen molar-refractivity contribution in [3.8, 4) is 0 Å². The summed E-state index contributed by atoms with van der Waals surface area (Å²) in [5, 5.41) is 3.45. The quantitative estimate of drug-likeness (QED) is 0.726. The Balaban J connectivity index is 2.20. The topological polar surface area (TPSA) is 46.2 Å². The van der Waals surface area contributed by atoms with Crippen LogP contribution in [0.4, 0.5) is 0 Å². The van der Waals surface area contributed by atoms with Gasteiger partial charge in [-0.1, -0.05) is 13.8 Å². The zero-order valence-corrected chi connectivity index (χ0v) is 10.9. The summed E-state index contributed by atoms with van der Waals surface area (Å²) >= 11 is 0. The highest BCUT2D eigenvalue weighted by molar-refractivity contribution is 7.90. The molecule has 0 aromatic heterocycles. The van der Waals surface area contributed by atoms with Gasteiger partial charge in [0, 0.05) is 24.6 Å². The summed E-state index contributed by atoms with van der Waals surface area (Å²) in [6.07, 6.45) is 5.71. The molecular weight excluding hydrogens is 210 g/mol. The van der Waals surface area contributed by atoms with Gasteiger partial charge >= 0.3 is 0 Å². The summed E-state index contributed by atoms with van der Waals surface area (Å²) in [4.78, 5) is 0. The highest BCUT2D eigenvalue weighted by atomic mass is 32.2. The Labute approximate surface area is 93.6 Å². The molecule has 3 nitrogen and oxygen atoms in total. The van der Waals surface area contributed by atoms with E-state index in [2.05, 4.69) is 19.2 Å². The Kier molecular flexibility index (Phi) is 4.18. The van der Waals surface area contributed by atoms with Crippen LogP contribution in [0.5, 0.6) is 0 Å². The Hall–Kier alpha value is -0.0900. The van der Waals surface area contributed by atoms with Crippen molar-refractivity contribution in [2.24, 2.45) is 5.41 Å². The van der Waals surface area contributed by atoms with E-state index in [1.54, 1.807) is 0 Å². The zero-order chi connectivity index (χ0) is 11.5. The molecule has 0 radical (unpaired) electrons. The van der Waals surface area contributed by atoms with Crippen LogP contribution in [-0.4, -0.2) is 33.0 Å². The van der Waals surface area contributed by atoms with Crippen LogP contribution in [0.1, 0.15) is 39.5 Å². The molecule has 0 atom stereocenters. The summed E-state index contributed by atoms with van der Waals surface area (Å²) in [7, 11) is -2.77. The van der Waals surface area contributed by atoms with E-state index in [4.69, 9.17) is 0 Å². The van der Waals surface area contributed by atoms with Crippen LogP contribution < -0.4 is 5.32 Å². The Morgan fingerprint density at radius 2 is 1.93 bits per heavy atom. The van der Waals surface area contributed by atoms with Crippen molar-refractivity contribution in [3.05, 3.63) is 0 Å². The number of hydrogen-bond donors (Lipinski definition) is 1. The molecule has 0 spiro atoms. The SMILES string of the molecule is CC(C)NCC1(CCCS(C)(=O)=O)CC1. The average Bonchev–Trinajstić information content (AvgIpc) is 2.80. The van der Waals surface area contributed by atoms with E-state index in [1.165, 1.54) is 19.1 Å². The minimum atomic E-state index is -2.77. The van der Waals surface area contributed by atoms with Gasteiger partial charge in [0.1, 0.15) is 9.84 Å². The minimum Gasteiger partial charge on any atom is -0.314 e. The van der Waals surface area contributed by atoms with Gasteiger partial charge in [-0.15, -0.1) is 0 Å². The molecule has 0 aliphatic heterocycles. The lowest BCUT2D eigenvalue weighted by Crippen LogP contribution is -2.30. The van der Waals surface area contributed by atoms with E-state index in [9.17, 15) is 8.42 Å². The van der Waals surface area contributed by atoms with Crippen molar-refractivity contribution in [2.45, 2.75) is 45.6 Å². The van der Waals surface area contributed by atoms with E-state index < -0.39 is 9.84 Å². The fraction of sp³-hybridized carbons (Fsp3) is 1.00. The maximum atomic E-state index is 11.0. The predicted molar refractivity (Wildman–Crippen MR) is 63.8 cm³/mol. The van der Waals surface area contributed by atoms with E-state index in [0.717, 1.165) is 19.4 Å². The van der Waals surface area contributed by atoms with Crippen molar-refractivity contribution in [2.75, 3.05) is 18.6 Å². The molecular formula is C11H23NO2S. The van der Waals surface area contributed by atoms with Gasteiger partial charge in [-0.05, 0) is 31.1 Å². The summed E-state index contributed by atoms with van der Waals surface area (Å²) in [6, 6.07) is 0.525. The molecule has 1 rings (SSSR count).